The van der Waals surface area contributed by atoms with Crippen molar-refractivity contribution in [3.05, 3.63) is 65.7 Å². The summed E-state index contributed by atoms with van der Waals surface area (Å²) in [4.78, 5) is 11.7. The average Bonchev–Trinajstić information content (AvgIpc) is 2.48. The zero-order valence-corrected chi connectivity index (χ0v) is 11.1. The van der Waals surface area contributed by atoms with E-state index in [4.69, 9.17) is 5.11 Å². The molecule has 2 aromatic carbocycles. The molecule has 0 atom stereocenters. The van der Waals surface area contributed by atoms with E-state index in [1.165, 1.54) is 24.3 Å². The number of rotatable bonds is 4. The number of phenols is 3. The molecule has 0 fully saturated rings. The van der Waals surface area contributed by atoms with Gasteiger partial charge in [-0.15, -0.1) is 0 Å². The zero-order valence-electron chi connectivity index (χ0n) is 11.1. The van der Waals surface area contributed by atoms with Gasteiger partial charge in [0.1, 0.15) is 5.75 Å². The highest BCUT2D eigenvalue weighted by Gasteiger charge is 1.98. The number of benzene rings is 2. The lowest BCUT2D eigenvalue weighted by Gasteiger charge is -1.97. The molecular weight excluding hydrogens is 268 g/mol. The van der Waals surface area contributed by atoms with Crippen molar-refractivity contribution < 1.29 is 20.1 Å². The topological polar surface area (TPSA) is 77.8 Å². The molecule has 2 aromatic rings. The van der Waals surface area contributed by atoms with Crippen LogP contribution in [-0.2, 0) is 4.79 Å². The smallest absolute Gasteiger partial charge is 0.178 e. The van der Waals surface area contributed by atoms with Crippen LogP contribution in [0.4, 0.5) is 0 Å². The maximum atomic E-state index is 11.7. The summed E-state index contributed by atoms with van der Waals surface area (Å²) in [5.41, 5.74) is 1.41. The fraction of sp³-hybridized carbons (Fsp3) is 0. The van der Waals surface area contributed by atoms with Crippen LogP contribution in [0.25, 0.3) is 12.2 Å². The molecule has 0 aliphatic heterocycles. The van der Waals surface area contributed by atoms with Gasteiger partial charge in [-0.3, -0.25) is 4.79 Å². The Morgan fingerprint density at radius 3 is 1.95 bits per heavy atom. The lowest BCUT2D eigenvalue weighted by atomic mass is 10.1. The highest BCUT2D eigenvalue weighted by atomic mass is 16.3. The Labute approximate surface area is 121 Å². The standard InChI is InChI=1S/C17H14O4/c18-14-6-1-12(2-7-14)3-8-15(19)9-4-13-5-10-16(20)17(21)11-13/h1-11,18,20-21H. The Morgan fingerprint density at radius 2 is 1.33 bits per heavy atom. The highest BCUT2D eigenvalue weighted by molar-refractivity contribution is 6.04. The van der Waals surface area contributed by atoms with Gasteiger partial charge in [0, 0.05) is 0 Å². The molecule has 0 radical (unpaired) electrons. The number of aromatic hydroxyl groups is 3. The molecule has 0 amide bonds. The van der Waals surface area contributed by atoms with Gasteiger partial charge in [-0.05, 0) is 47.5 Å². The third kappa shape index (κ3) is 4.24. The third-order valence-corrected chi connectivity index (χ3v) is 2.77. The van der Waals surface area contributed by atoms with Crippen molar-refractivity contribution in [3.8, 4) is 17.2 Å². The maximum Gasteiger partial charge on any atom is 0.178 e. The minimum atomic E-state index is -0.232. The van der Waals surface area contributed by atoms with Crippen molar-refractivity contribution in [3.63, 3.8) is 0 Å². The first kappa shape index (κ1) is 14.4. The number of hydrogen-bond donors (Lipinski definition) is 3. The van der Waals surface area contributed by atoms with Crippen molar-refractivity contribution in [2.75, 3.05) is 0 Å². The first-order valence-corrected chi connectivity index (χ1v) is 6.26. The maximum absolute atomic E-state index is 11.7. The van der Waals surface area contributed by atoms with Crippen LogP contribution in [-0.4, -0.2) is 21.1 Å². The van der Waals surface area contributed by atoms with E-state index < -0.39 is 0 Å². The highest BCUT2D eigenvalue weighted by Crippen LogP contribution is 2.25. The molecule has 0 bridgehead atoms. The van der Waals surface area contributed by atoms with E-state index in [0.717, 1.165) is 5.56 Å². The van der Waals surface area contributed by atoms with E-state index in [-0.39, 0.29) is 23.0 Å². The summed E-state index contributed by atoms with van der Waals surface area (Å²) >= 11 is 0. The van der Waals surface area contributed by atoms with Gasteiger partial charge in [0.05, 0.1) is 0 Å². The number of phenolic OH excluding ortho intramolecular Hbond substituents is 3. The van der Waals surface area contributed by atoms with E-state index in [2.05, 4.69) is 0 Å². The molecule has 0 unspecified atom stereocenters. The summed E-state index contributed by atoms with van der Waals surface area (Å²) in [6, 6.07) is 10.8. The second kappa shape index (κ2) is 6.43. The van der Waals surface area contributed by atoms with Crippen LogP contribution < -0.4 is 0 Å². The van der Waals surface area contributed by atoms with Crippen molar-refractivity contribution in [2.45, 2.75) is 0 Å². The van der Waals surface area contributed by atoms with Gasteiger partial charge in [-0.25, -0.2) is 0 Å². The number of carbonyl (C=O) groups is 1. The molecule has 0 saturated heterocycles. The molecule has 3 N–H and O–H groups in total. The predicted molar refractivity (Wildman–Crippen MR) is 81.0 cm³/mol. The second-order valence-corrected chi connectivity index (χ2v) is 4.41. The predicted octanol–water partition coefficient (Wildman–Crippen LogP) is 3.10. The van der Waals surface area contributed by atoms with E-state index in [9.17, 15) is 15.0 Å². The summed E-state index contributed by atoms with van der Waals surface area (Å²) in [5.74, 6) is -0.476. The second-order valence-electron chi connectivity index (χ2n) is 4.41. The molecule has 2 rings (SSSR count). The van der Waals surface area contributed by atoms with Gasteiger partial charge in [0.15, 0.2) is 17.3 Å². The number of hydrogen-bond acceptors (Lipinski definition) is 4. The van der Waals surface area contributed by atoms with Gasteiger partial charge >= 0.3 is 0 Å². The van der Waals surface area contributed by atoms with Crippen molar-refractivity contribution in [1.82, 2.24) is 0 Å². The average molecular weight is 282 g/mol. The van der Waals surface area contributed by atoms with Crippen LogP contribution in [0.1, 0.15) is 11.1 Å². The molecule has 21 heavy (non-hydrogen) atoms. The number of allylic oxidation sites excluding steroid dienone is 2. The fourth-order valence-electron chi connectivity index (χ4n) is 1.64. The summed E-state index contributed by atoms with van der Waals surface area (Å²) in [7, 11) is 0. The van der Waals surface area contributed by atoms with Crippen molar-refractivity contribution in [2.24, 2.45) is 0 Å². The van der Waals surface area contributed by atoms with Crippen LogP contribution in [0, 0.1) is 0 Å². The van der Waals surface area contributed by atoms with Gasteiger partial charge in [0.25, 0.3) is 0 Å². The molecule has 106 valence electrons. The monoisotopic (exact) mass is 282 g/mol. The minimum absolute atomic E-state index is 0.172. The Balaban J connectivity index is 2.02. The Bertz CT molecular complexity index is 697. The van der Waals surface area contributed by atoms with E-state index >= 15 is 0 Å². The van der Waals surface area contributed by atoms with Crippen molar-refractivity contribution in [1.29, 1.82) is 0 Å². The lowest BCUT2D eigenvalue weighted by molar-refractivity contribution is -0.110. The molecule has 0 aromatic heterocycles. The molecule has 0 heterocycles. The van der Waals surface area contributed by atoms with E-state index in [0.29, 0.717) is 5.56 Å². The van der Waals surface area contributed by atoms with Gasteiger partial charge in [-0.1, -0.05) is 30.4 Å². The molecule has 0 aliphatic rings. The lowest BCUT2D eigenvalue weighted by Crippen LogP contribution is -1.85. The molecule has 0 spiro atoms. The zero-order chi connectivity index (χ0) is 15.2. The van der Waals surface area contributed by atoms with Gasteiger partial charge in [0.2, 0.25) is 0 Å². The Kier molecular flexibility index (Phi) is 4.41. The fourth-order valence-corrected chi connectivity index (χ4v) is 1.64. The summed E-state index contributed by atoms with van der Waals surface area (Å²) in [6.45, 7) is 0. The first-order chi connectivity index (χ1) is 10.0. The van der Waals surface area contributed by atoms with Crippen LogP contribution >= 0.6 is 0 Å². The third-order valence-electron chi connectivity index (χ3n) is 2.77. The quantitative estimate of drug-likeness (QED) is 0.595. The van der Waals surface area contributed by atoms with Crippen LogP contribution in [0.3, 0.4) is 0 Å². The minimum Gasteiger partial charge on any atom is -0.508 e. The van der Waals surface area contributed by atoms with Crippen LogP contribution in [0.5, 0.6) is 17.2 Å². The largest absolute Gasteiger partial charge is 0.508 e. The van der Waals surface area contributed by atoms with Crippen LogP contribution in [0.2, 0.25) is 0 Å². The van der Waals surface area contributed by atoms with Gasteiger partial charge < -0.3 is 15.3 Å². The normalized spacial score (nSPS) is 11.2. The SMILES string of the molecule is O=C(C=Cc1ccc(O)cc1)C=Cc1ccc(O)c(O)c1. The number of carbonyl (C=O) groups excluding carboxylic acids is 1. The number of ketones is 1. The van der Waals surface area contributed by atoms with Gasteiger partial charge in [-0.2, -0.15) is 0 Å². The van der Waals surface area contributed by atoms with Crippen molar-refractivity contribution >= 4 is 17.9 Å². The summed E-state index contributed by atoms with van der Waals surface area (Å²) < 4.78 is 0. The Hall–Kier alpha value is -3.01. The molecule has 4 nitrogen and oxygen atoms in total. The molecule has 4 heteroatoms. The van der Waals surface area contributed by atoms with E-state index in [1.807, 2.05) is 0 Å². The Morgan fingerprint density at radius 1 is 0.762 bits per heavy atom. The summed E-state index contributed by atoms with van der Waals surface area (Å²) in [5, 5.41) is 27.7. The van der Waals surface area contributed by atoms with E-state index in [1.54, 1.807) is 42.5 Å². The molecule has 0 aliphatic carbocycles. The summed E-state index contributed by atoms with van der Waals surface area (Å²) in [6.07, 6.45) is 5.95. The molecular formula is C17H14O4. The van der Waals surface area contributed by atoms with Crippen LogP contribution in [0.15, 0.2) is 54.6 Å². The molecule has 0 saturated carbocycles. The first-order valence-electron chi connectivity index (χ1n) is 6.26.